The second-order valence-electron chi connectivity index (χ2n) is 6.03. The zero-order valence-electron chi connectivity index (χ0n) is 14.9. The van der Waals surface area contributed by atoms with Crippen LogP contribution < -0.4 is 10.1 Å². The molecule has 4 rings (SSSR count). The van der Waals surface area contributed by atoms with Crippen molar-refractivity contribution in [3.05, 3.63) is 67.0 Å². The Morgan fingerprint density at radius 3 is 2.50 bits per heavy atom. The molecule has 1 N–H and O–H groups in total. The SMILES string of the molecule is CNc1nc(-c2cccnc2)nc2ccc(-c3cccc(OC(F)F)c3)cc12. The van der Waals surface area contributed by atoms with Crippen molar-refractivity contribution in [3.63, 3.8) is 0 Å². The van der Waals surface area contributed by atoms with Crippen LogP contribution in [0.15, 0.2) is 67.0 Å². The Hall–Kier alpha value is -3.61. The van der Waals surface area contributed by atoms with Gasteiger partial charge < -0.3 is 10.1 Å². The minimum atomic E-state index is -2.86. The van der Waals surface area contributed by atoms with Crippen molar-refractivity contribution in [3.8, 4) is 28.3 Å². The molecule has 0 bridgehead atoms. The summed E-state index contributed by atoms with van der Waals surface area (Å²) < 4.78 is 29.5. The molecule has 0 aliphatic rings. The largest absolute Gasteiger partial charge is 0.435 e. The van der Waals surface area contributed by atoms with Crippen molar-refractivity contribution in [2.45, 2.75) is 6.61 Å². The number of pyridine rings is 1. The van der Waals surface area contributed by atoms with E-state index in [1.807, 2.05) is 36.4 Å². The first-order valence-corrected chi connectivity index (χ1v) is 8.59. The Bertz CT molecular complexity index is 1120. The topological polar surface area (TPSA) is 59.9 Å². The van der Waals surface area contributed by atoms with Crippen LogP contribution >= 0.6 is 0 Å². The summed E-state index contributed by atoms with van der Waals surface area (Å²) in [6.07, 6.45) is 3.41. The number of ether oxygens (including phenoxy) is 1. The Morgan fingerprint density at radius 2 is 1.75 bits per heavy atom. The molecular weight excluding hydrogens is 362 g/mol. The standard InChI is InChI=1S/C21H16F2N4O/c1-24-20-17-11-14(13-4-2-6-16(10-13)28-21(22)23)7-8-18(17)26-19(27-20)15-5-3-9-25-12-15/h2-12,21H,1H3,(H,24,26,27). The van der Waals surface area contributed by atoms with Crippen molar-refractivity contribution in [2.75, 3.05) is 12.4 Å². The second kappa shape index (κ2) is 7.56. The average Bonchev–Trinajstić information content (AvgIpc) is 2.73. The molecule has 0 atom stereocenters. The average molecular weight is 378 g/mol. The van der Waals surface area contributed by atoms with Gasteiger partial charge in [0.1, 0.15) is 11.6 Å². The van der Waals surface area contributed by atoms with E-state index in [4.69, 9.17) is 0 Å². The molecular formula is C21H16F2N4O. The van der Waals surface area contributed by atoms with Gasteiger partial charge in [-0.05, 0) is 47.5 Å². The number of benzene rings is 2. The van der Waals surface area contributed by atoms with Crippen LogP contribution in [-0.4, -0.2) is 28.6 Å². The number of hydrogen-bond donors (Lipinski definition) is 1. The fourth-order valence-corrected chi connectivity index (χ4v) is 2.97. The third kappa shape index (κ3) is 3.59. The lowest BCUT2D eigenvalue weighted by Gasteiger charge is -2.11. The molecule has 2 aromatic carbocycles. The van der Waals surface area contributed by atoms with E-state index in [2.05, 4.69) is 25.0 Å². The highest BCUT2D eigenvalue weighted by molar-refractivity contribution is 5.93. The number of alkyl halides is 2. The number of halogens is 2. The molecule has 4 aromatic rings. The fourth-order valence-electron chi connectivity index (χ4n) is 2.97. The summed E-state index contributed by atoms with van der Waals surface area (Å²) in [6.45, 7) is -2.86. The van der Waals surface area contributed by atoms with Crippen LogP contribution in [0.1, 0.15) is 0 Å². The lowest BCUT2D eigenvalue weighted by molar-refractivity contribution is -0.0498. The number of anilines is 1. The van der Waals surface area contributed by atoms with Crippen LogP contribution in [0.2, 0.25) is 0 Å². The zero-order chi connectivity index (χ0) is 19.5. The summed E-state index contributed by atoms with van der Waals surface area (Å²) in [7, 11) is 1.79. The van der Waals surface area contributed by atoms with Gasteiger partial charge in [-0.3, -0.25) is 4.98 Å². The molecule has 5 nitrogen and oxygen atoms in total. The predicted octanol–water partition coefficient (Wildman–Crippen LogP) is 5.00. The number of fused-ring (bicyclic) bond motifs is 1. The molecule has 0 aliphatic heterocycles. The molecule has 140 valence electrons. The van der Waals surface area contributed by atoms with Crippen LogP contribution in [0.3, 0.4) is 0 Å². The van der Waals surface area contributed by atoms with Gasteiger partial charge in [-0.2, -0.15) is 8.78 Å². The van der Waals surface area contributed by atoms with Gasteiger partial charge in [-0.1, -0.05) is 18.2 Å². The molecule has 7 heteroatoms. The van der Waals surface area contributed by atoms with E-state index < -0.39 is 6.61 Å². The van der Waals surface area contributed by atoms with Crippen LogP contribution in [0.25, 0.3) is 33.4 Å². The van der Waals surface area contributed by atoms with E-state index in [1.54, 1.807) is 31.6 Å². The summed E-state index contributed by atoms with van der Waals surface area (Å²) >= 11 is 0. The summed E-state index contributed by atoms with van der Waals surface area (Å²) in [6, 6.07) is 16.0. The number of nitrogens with one attached hydrogen (secondary N) is 1. The zero-order valence-corrected chi connectivity index (χ0v) is 14.9. The van der Waals surface area contributed by atoms with Crippen LogP contribution in [0, 0.1) is 0 Å². The quantitative estimate of drug-likeness (QED) is 0.529. The molecule has 0 aliphatic carbocycles. The molecule has 0 fully saturated rings. The highest BCUT2D eigenvalue weighted by atomic mass is 19.3. The highest BCUT2D eigenvalue weighted by Gasteiger charge is 2.11. The van der Waals surface area contributed by atoms with E-state index in [1.165, 1.54) is 6.07 Å². The number of rotatable bonds is 5. The van der Waals surface area contributed by atoms with Crippen molar-refractivity contribution in [2.24, 2.45) is 0 Å². The van der Waals surface area contributed by atoms with E-state index in [9.17, 15) is 8.78 Å². The van der Waals surface area contributed by atoms with Crippen molar-refractivity contribution < 1.29 is 13.5 Å². The van der Waals surface area contributed by atoms with Crippen LogP contribution in [0.4, 0.5) is 14.6 Å². The molecule has 0 spiro atoms. The Kier molecular flexibility index (Phi) is 4.80. The molecule has 28 heavy (non-hydrogen) atoms. The maximum absolute atomic E-state index is 12.5. The monoisotopic (exact) mass is 378 g/mol. The Morgan fingerprint density at radius 1 is 0.929 bits per heavy atom. The van der Waals surface area contributed by atoms with E-state index in [-0.39, 0.29) is 5.75 Å². The number of aromatic nitrogens is 3. The van der Waals surface area contributed by atoms with E-state index >= 15 is 0 Å². The lowest BCUT2D eigenvalue weighted by atomic mass is 10.0. The second-order valence-corrected chi connectivity index (χ2v) is 6.03. The predicted molar refractivity (Wildman–Crippen MR) is 104 cm³/mol. The van der Waals surface area contributed by atoms with Gasteiger partial charge in [0.2, 0.25) is 0 Å². The molecule has 0 radical (unpaired) electrons. The normalized spacial score (nSPS) is 11.0. The lowest BCUT2D eigenvalue weighted by Crippen LogP contribution is -2.01. The van der Waals surface area contributed by atoms with Gasteiger partial charge in [0.05, 0.1) is 5.52 Å². The molecule has 2 aromatic heterocycles. The van der Waals surface area contributed by atoms with E-state index in [0.29, 0.717) is 11.6 Å². The maximum atomic E-state index is 12.5. The molecule has 0 saturated carbocycles. The first-order valence-electron chi connectivity index (χ1n) is 8.59. The molecule has 0 saturated heterocycles. The minimum Gasteiger partial charge on any atom is -0.435 e. The molecule has 2 heterocycles. The molecule has 0 amide bonds. The Balaban J connectivity index is 1.79. The van der Waals surface area contributed by atoms with Gasteiger partial charge in [0, 0.05) is 30.4 Å². The number of hydrogen-bond acceptors (Lipinski definition) is 5. The maximum Gasteiger partial charge on any atom is 0.387 e. The van der Waals surface area contributed by atoms with E-state index in [0.717, 1.165) is 27.6 Å². The smallest absolute Gasteiger partial charge is 0.387 e. The molecule has 0 unspecified atom stereocenters. The van der Waals surface area contributed by atoms with Crippen LogP contribution in [-0.2, 0) is 0 Å². The van der Waals surface area contributed by atoms with Gasteiger partial charge in [-0.15, -0.1) is 0 Å². The van der Waals surface area contributed by atoms with Gasteiger partial charge in [0.15, 0.2) is 5.82 Å². The summed E-state index contributed by atoms with van der Waals surface area (Å²) in [5, 5.41) is 3.93. The summed E-state index contributed by atoms with van der Waals surface area (Å²) in [5.41, 5.74) is 3.20. The Labute approximate surface area is 160 Å². The van der Waals surface area contributed by atoms with Crippen molar-refractivity contribution in [1.82, 2.24) is 15.0 Å². The van der Waals surface area contributed by atoms with Crippen LogP contribution in [0.5, 0.6) is 5.75 Å². The highest BCUT2D eigenvalue weighted by Crippen LogP contribution is 2.31. The van der Waals surface area contributed by atoms with Crippen molar-refractivity contribution >= 4 is 16.7 Å². The summed E-state index contributed by atoms with van der Waals surface area (Å²) in [4.78, 5) is 13.3. The van der Waals surface area contributed by atoms with Gasteiger partial charge >= 0.3 is 6.61 Å². The fraction of sp³-hybridized carbons (Fsp3) is 0.0952. The van der Waals surface area contributed by atoms with Gasteiger partial charge in [-0.25, -0.2) is 9.97 Å². The first-order chi connectivity index (χ1) is 13.6. The minimum absolute atomic E-state index is 0.115. The summed E-state index contributed by atoms with van der Waals surface area (Å²) in [5.74, 6) is 1.36. The van der Waals surface area contributed by atoms with Gasteiger partial charge in [0.25, 0.3) is 0 Å². The third-order valence-electron chi connectivity index (χ3n) is 4.24. The first kappa shape index (κ1) is 17.8. The van der Waals surface area contributed by atoms with Crippen molar-refractivity contribution in [1.29, 1.82) is 0 Å². The third-order valence-corrected chi connectivity index (χ3v) is 4.24. The number of nitrogens with zero attached hydrogens (tertiary/aromatic N) is 3.